The van der Waals surface area contributed by atoms with Crippen molar-refractivity contribution in [2.45, 2.75) is 11.7 Å². The summed E-state index contributed by atoms with van der Waals surface area (Å²) < 4.78 is 20.3. The summed E-state index contributed by atoms with van der Waals surface area (Å²) in [5, 5.41) is 3.12. The smallest absolute Gasteiger partial charge is 0.278 e. The van der Waals surface area contributed by atoms with E-state index >= 15 is 0 Å². The van der Waals surface area contributed by atoms with Gasteiger partial charge in [0.15, 0.2) is 14.8 Å². The molecular weight excluding hydrogens is 545 g/mol. The van der Waals surface area contributed by atoms with Gasteiger partial charge in [0.2, 0.25) is 5.91 Å². The van der Waals surface area contributed by atoms with Gasteiger partial charge >= 0.3 is 0 Å². The molecule has 2 aromatic carbocycles. The Morgan fingerprint density at radius 3 is 2.63 bits per heavy atom. The molecule has 1 amide bonds. The molecule has 0 fully saturated rings. The standard InChI is InChI=1S/C26H22N4O5S3/c1-33-17-10-11-20(34-2)19(13-17)30-24(32)22-23(29(26(36)38-22)16-7-4-3-5-8-16)28-25(30)37-15-21(31)27-14-18-9-6-12-35-18/h3-13H,14-15H2,1-2H3,(H,27,31). The van der Waals surface area contributed by atoms with Crippen molar-refractivity contribution < 1.29 is 18.7 Å². The molecule has 3 heterocycles. The van der Waals surface area contributed by atoms with Crippen LogP contribution in [0.1, 0.15) is 5.76 Å². The van der Waals surface area contributed by atoms with Crippen molar-refractivity contribution in [2.24, 2.45) is 0 Å². The molecule has 0 bridgehead atoms. The Morgan fingerprint density at radius 1 is 1.11 bits per heavy atom. The number of para-hydroxylation sites is 1. The molecular formula is C26H22N4O5S3. The zero-order chi connectivity index (χ0) is 26.6. The van der Waals surface area contributed by atoms with Crippen LogP contribution in [0.25, 0.3) is 21.7 Å². The van der Waals surface area contributed by atoms with Gasteiger partial charge in [-0.25, -0.2) is 4.98 Å². The summed E-state index contributed by atoms with van der Waals surface area (Å²) in [6, 6.07) is 18.2. The summed E-state index contributed by atoms with van der Waals surface area (Å²) in [4.78, 5) is 31.5. The molecule has 0 radical (unpaired) electrons. The number of carbonyl (C=O) groups excluding carboxylic acids is 1. The van der Waals surface area contributed by atoms with Crippen LogP contribution in [-0.4, -0.2) is 40.0 Å². The highest BCUT2D eigenvalue weighted by Crippen LogP contribution is 2.32. The largest absolute Gasteiger partial charge is 0.497 e. The first kappa shape index (κ1) is 25.8. The Bertz CT molecular complexity index is 1710. The minimum Gasteiger partial charge on any atom is -0.497 e. The Kier molecular flexibility index (Phi) is 7.63. The third kappa shape index (κ3) is 5.10. The number of rotatable bonds is 9. The molecule has 12 heteroatoms. The van der Waals surface area contributed by atoms with Gasteiger partial charge in [-0.2, -0.15) is 0 Å². The highest BCUT2D eigenvalue weighted by atomic mass is 32.2. The first-order valence-electron chi connectivity index (χ1n) is 11.4. The van der Waals surface area contributed by atoms with Crippen LogP contribution in [0.2, 0.25) is 0 Å². The van der Waals surface area contributed by atoms with Crippen molar-refractivity contribution in [3.05, 3.63) is 87.0 Å². The van der Waals surface area contributed by atoms with Crippen molar-refractivity contribution in [2.75, 3.05) is 20.0 Å². The van der Waals surface area contributed by atoms with Gasteiger partial charge in [-0.15, -0.1) is 0 Å². The van der Waals surface area contributed by atoms with E-state index in [4.69, 9.17) is 31.1 Å². The van der Waals surface area contributed by atoms with E-state index in [9.17, 15) is 9.59 Å². The Balaban J connectivity index is 1.63. The van der Waals surface area contributed by atoms with Crippen molar-refractivity contribution >= 4 is 51.6 Å². The van der Waals surface area contributed by atoms with E-state index in [1.807, 2.05) is 30.3 Å². The lowest BCUT2D eigenvalue weighted by atomic mass is 10.2. The first-order valence-corrected chi connectivity index (χ1v) is 13.6. The number of nitrogens with zero attached hydrogens (tertiary/aromatic N) is 3. The molecule has 0 atom stereocenters. The lowest BCUT2D eigenvalue weighted by Gasteiger charge is -2.16. The van der Waals surface area contributed by atoms with Crippen LogP contribution >= 0.6 is 35.3 Å². The minimum absolute atomic E-state index is 0.0150. The van der Waals surface area contributed by atoms with Gasteiger partial charge in [-0.3, -0.25) is 18.7 Å². The van der Waals surface area contributed by atoms with Crippen molar-refractivity contribution in [3.8, 4) is 22.9 Å². The average Bonchev–Trinajstić information content (AvgIpc) is 3.58. The second kappa shape index (κ2) is 11.3. The van der Waals surface area contributed by atoms with Crippen LogP contribution in [0.3, 0.4) is 0 Å². The molecule has 5 rings (SSSR count). The lowest BCUT2D eigenvalue weighted by Crippen LogP contribution is -2.26. The van der Waals surface area contributed by atoms with Crippen LogP contribution in [0.15, 0.2) is 81.3 Å². The van der Waals surface area contributed by atoms with Gasteiger partial charge in [0.1, 0.15) is 22.0 Å². The number of methoxy groups -OCH3 is 2. The molecule has 0 aliphatic rings. The maximum atomic E-state index is 14.0. The van der Waals surface area contributed by atoms with E-state index in [1.54, 1.807) is 48.3 Å². The highest BCUT2D eigenvalue weighted by molar-refractivity contribution is 7.99. The van der Waals surface area contributed by atoms with E-state index in [-0.39, 0.29) is 23.8 Å². The topological polar surface area (TPSA) is 101 Å². The third-order valence-corrected chi connectivity index (χ3v) is 7.88. The second-order valence-corrected chi connectivity index (χ2v) is 10.5. The summed E-state index contributed by atoms with van der Waals surface area (Å²) in [5.41, 5.74) is 1.33. The first-order chi connectivity index (χ1) is 18.5. The molecule has 0 saturated heterocycles. The third-order valence-electron chi connectivity index (χ3n) is 5.59. The van der Waals surface area contributed by atoms with Gasteiger partial charge in [0.25, 0.3) is 5.56 Å². The fourth-order valence-electron chi connectivity index (χ4n) is 3.80. The van der Waals surface area contributed by atoms with E-state index in [0.717, 1.165) is 17.4 Å². The molecule has 1 N–H and O–H groups in total. The number of aromatic nitrogens is 3. The van der Waals surface area contributed by atoms with E-state index in [2.05, 4.69) is 5.32 Å². The molecule has 0 aliphatic carbocycles. The van der Waals surface area contributed by atoms with Crippen molar-refractivity contribution in [3.63, 3.8) is 0 Å². The summed E-state index contributed by atoms with van der Waals surface area (Å²) in [7, 11) is 3.06. The van der Waals surface area contributed by atoms with E-state index < -0.39 is 0 Å². The quantitative estimate of drug-likeness (QED) is 0.151. The number of hydrogen-bond donors (Lipinski definition) is 1. The Labute approximate surface area is 230 Å². The van der Waals surface area contributed by atoms with Crippen LogP contribution in [-0.2, 0) is 11.3 Å². The SMILES string of the molecule is COc1ccc(OC)c(-n2c(SCC(=O)NCc3ccco3)nc3c(sc(=S)n3-c3ccccc3)c2=O)c1. The van der Waals surface area contributed by atoms with Crippen LogP contribution in [0.5, 0.6) is 11.5 Å². The summed E-state index contributed by atoms with van der Waals surface area (Å²) >= 11 is 7.95. The molecule has 0 unspecified atom stereocenters. The van der Waals surface area contributed by atoms with Crippen LogP contribution in [0.4, 0.5) is 0 Å². The van der Waals surface area contributed by atoms with E-state index in [0.29, 0.717) is 42.4 Å². The van der Waals surface area contributed by atoms with Gasteiger partial charge < -0.3 is 19.2 Å². The molecule has 5 aromatic rings. The Hall–Kier alpha value is -3.87. The molecule has 3 aromatic heterocycles. The number of furan rings is 1. The summed E-state index contributed by atoms with van der Waals surface area (Å²) in [6.07, 6.45) is 1.55. The zero-order valence-electron chi connectivity index (χ0n) is 20.4. The number of carbonyl (C=O) groups is 1. The van der Waals surface area contributed by atoms with Gasteiger partial charge in [0, 0.05) is 11.8 Å². The number of fused-ring (bicyclic) bond motifs is 1. The van der Waals surface area contributed by atoms with Crippen LogP contribution in [0, 0.1) is 3.95 Å². The predicted molar refractivity (Wildman–Crippen MR) is 150 cm³/mol. The summed E-state index contributed by atoms with van der Waals surface area (Å²) in [6.45, 7) is 0.257. The van der Waals surface area contributed by atoms with E-state index in [1.165, 1.54) is 23.0 Å². The Morgan fingerprint density at radius 2 is 1.92 bits per heavy atom. The highest BCUT2D eigenvalue weighted by Gasteiger charge is 2.22. The van der Waals surface area contributed by atoms with Crippen LogP contribution < -0.4 is 20.3 Å². The molecule has 194 valence electrons. The fourth-order valence-corrected chi connectivity index (χ4v) is 5.93. The molecule has 38 heavy (non-hydrogen) atoms. The summed E-state index contributed by atoms with van der Waals surface area (Å²) in [5.74, 6) is 1.40. The molecule has 9 nitrogen and oxygen atoms in total. The maximum Gasteiger partial charge on any atom is 0.278 e. The normalized spacial score (nSPS) is 11.0. The van der Waals surface area contributed by atoms with Gasteiger partial charge in [-0.05, 0) is 48.6 Å². The predicted octanol–water partition coefficient (Wildman–Crippen LogP) is 4.99. The lowest BCUT2D eigenvalue weighted by molar-refractivity contribution is -0.118. The molecule has 0 aliphatic heterocycles. The number of thioether (sulfide) groups is 1. The number of hydrogen-bond acceptors (Lipinski definition) is 9. The average molecular weight is 567 g/mol. The van der Waals surface area contributed by atoms with Gasteiger partial charge in [0.05, 0.1) is 38.5 Å². The zero-order valence-corrected chi connectivity index (χ0v) is 22.8. The molecule has 0 spiro atoms. The number of benzene rings is 2. The monoisotopic (exact) mass is 566 g/mol. The number of ether oxygens (including phenoxy) is 2. The number of nitrogens with one attached hydrogen (secondary N) is 1. The van der Waals surface area contributed by atoms with Gasteiger partial charge in [-0.1, -0.05) is 41.3 Å². The number of thiazole rings is 1. The second-order valence-electron chi connectivity index (χ2n) is 7.91. The van der Waals surface area contributed by atoms with Crippen molar-refractivity contribution in [1.82, 2.24) is 19.4 Å². The fraction of sp³-hybridized carbons (Fsp3) is 0.154. The number of amides is 1. The maximum absolute atomic E-state index is 14.0. The minimum atomic E-state index is -0.328. The molecule has 0 saturated carbocycles. The van der Waals surface area contributed by atoms with Crippen molar-refractivity contribution in [1.29, 1.82) is 0 Å².